The van der Waals surface area contributed by atoms with Gasteiger partial charge in [-0.3, -0.25) is 0 Å². The van der Waals surface area contributed by atoms with Crippen molar-refractivity contribution in [2.45, 2.75) is 51.6 Å². The molecule has 0 radical (unpaired) electrons. The Kier molecular flexibility index (Phi) is 4.55. The molecule has 0 N–H and O–H groups in total. The van der Waals surface area contributed by atoms with Crippen molar-refractivity contribution < 1.29 is 9.53 Å². The highest BCUT2D eigenvalue weighted by molar-refractivity contribution is 6.96. The molecule has 0 fully saturated rings. The number of ether oxygens (including phenoxy) is 1. The smallest absolute Gasteiger partial charge is 0.332 e. The van der Waals surface area contributed by atoms with Crippen LogP contribution in [-0.4, -0.2) is 27.5 Å². The van der Waals surface area contributed by atoms with E-state index in [-0.39, 0.29) is 11.3 Å². The number of carbonyl (C=O) groups is 1. The Labute approximate surface area is 95.7 Å². The predicted molar refractivity (Wildman–Crippen MR) is 71.4 cm³/mol. The quantitative estimate of drug-likeness (QED) is 0.431. The van der Waals surface area contributed by atoms with E-state index in [1.807, 2.05) is 0 Å². The molecule has 0 rings (SSSR count). The Morgan fingerprint density at radius 1 is 1.07 bits per heavy atom. The standard InChI is InChI=1S/C11H24O2Si2/c1-9(2)10(12)13-11(14(3,4)5)15(6,7)8/h11H,1H2,2-8H3. The number of esters is 1. The van der Waals surface area contributed by atoms with Crippen LogP contribution in [0, 0.1) is 0 Å². The zero-order valence-electron chi connectivity index (χ0n) is 11.1. The lowest BCUT2D eigenvalue weighted by atomic mass is 10.4. The topological polar surface area (TPSA) is 26.3 Å². The second kappa shape index (κ2) is 4.66. The second-order valence-corrected chi connectivity index (χ2v) is 17.4. The summed E-state index contributed by atoms with van der Waals surface area (Å²) in [5.74, 6) is -0.232. The normalized spacial score (nSPS) is 12.8. The van der Waals surface area contributed by atoms with E-state index < -0.39 is 16.1 Å². The summed E-state index contributed by atoms with van der Waals surface area (Å²) in [6, 6.07) is 0. The van der Waals surface area contributed by atoms with Crippen LogP contribution >= 0.6 is 0 Å². The lowest BCUT2D eigenvalue weighted by Gasteiger charge is -2.37. The van der Waals surface area contributed by atoms with E-state index in [4.69, 9.17) is 4.74 Å². The van der Waals surface area contributed by atoms with Gasteiger partial charge in [-0.2, -0.15) is 0 Å². The number of hydrogen-bond acceptors (Lipinski definition) is 2. The molecular weight excluding hydrogens is 220 g/mol. The first-order valence-electron chi connectivity index (χ1n) is 5.32. The Bertz CT molecular complexity index is 245. The van der Waals surface area contributed by atoms with Crippen LogP contribution in [0.4, 0.5) is 0 Å². The number of carbonyl (C=O) groups excluding carboxylic acids is 1. The third-order valence-electron chi connectivity index (χ3n) is 2.15. The van der Waals surface area contributed by atoms with E-state index in [0.29, 0.717) is 5.57 Å². The fourth-order valence-electron chi connectivity index (χ4n) is 1.86. The highest BCUT2D eigenvalue weighted by Gasteiger charge is 2.40. The molecule has 0 aliphatic carbocycles. The molecule has 0 heterocycles. The van der Waals surface area contributed by atoms with Crippen LogP contribution in [0.1, 0.15) is 6.92 Å². The maximum Gasteiger partial charge on any atom is 0.332 e. The van der Waals surface area contributed by atoms with Gasteiger partial charge < -0.3 is 4.74 Å². The van der Waals surface area contributed by atoms with Crippen molar-refractivity contribution in [2.75, 3.05) is 0 Å². The van der Waals surface area contributed by atoms with E-state index in [9.17, 15) is 4.79 Å². The molecule has 0 aromatic carbocycles. The summed E-state index contributed by atoms with van der Waals surface area (Å²) < 4.78 is 5.63. The summed E-state index contributed by atoms with van der Waals surface area (Å²) in [7, 11) is -2.91. The van der Waals surface area contributed by atoms with E-state index in [0.717, 1.165) is 0 Å². The summed E-state index contributed by atoms with van der Waals surface area (Å²) in [6.45, 7) is 18.8. The van der Waals surface area contributed by atoms with E-state index in [2.05, 4.69) is 45.9 Å². The molecule has 0 aliphatic rings. The van der Waals surface area contributed by atoms with Crippen molar-refractivity contribution in [3.05, 3.63) is 12.2 Å². The first kappa shape index (κ1) is 14.6. The molecule has 0 atom stereocenters. The van der Waals surface area contributed by atoms with E-state index in [1.165, 1.54) is 0 Å². The lowest BCUT2D eigenvalue weighted by Crippen LogP contribution is -2.56. The lowest BCUT2D eigenvalue weighted by molar-refractivity contribution is -0.138. The highest BCUT2D eigenvalue weighted by atomic mass is 28.4. The maximum absolute atomic E-state index is 11.6. The zero-order valence-corrected chi connectivity index (χ0v) is 13.1. The fraction of sp³-hybridized carbons (Fsp3) is 0.727. The molecule has 0 spiro atoms. The molecule has 0 saturated carbocycles. The van der Waals surface area contributed by atoms with Crippen molar-refractivity contribution in [1.82, 2.24) is 0 Å². The molecule has 0 aromatic rings. The summed E-state index contributed by atoms with van der Waals surface area (Å²) in [5.41, 5.74) is 0.497. The van der Waals surface area contributed by atoms with Gasteiger partial charge in [0.25, 0.3) is 0 Å². The molecule has 4 heteroatoms. The highest BCUT2D eigenvalue weighted by Crippen LogP contribution is 2.23. The minimum atomic E-state index is -1.45. The third kappa shape index (κ3) is 4.79. The molecule has 88 valence electrons. The molecule has 0 aliphatic heterocycles. The van der Waals surface area contributed by atoms with Crippen LogP contribution in [0.5, 0.6) is 0 Å². The van der Waals surface area contributed by atoms with Gasteiger partial charge in [0.15, 0.2) is 0 Å². The molecule has 0 aromatic heterocycles. The van der Waals surface area contributed by atoms with Crippen LogP contribution in [-0.2, 0) is 9.53 Å². The summed E-state index contributed by atoms with van der Waals surface area (Å²) in [5, 5.41) is 0.161. The van der Waals surface area contributed by atoms with Gasteiger partial charge in [0.05, 0.1) is 21.5 Å². The number of rotatable bonds is 4. The van der Waals surface area contributed by atoms with Crippen LogP contribution in [0.2, 0.25) is 39.3 Å². The Balaban J connectivity index is 4.85. The van der Waals surface area contributed by atoms with Crippen molar-refractivity contribution >= 4 is 22.1 Å². The van der Waals surface area contributed by atoms with E-state index in [1.54, 1.807) is 6.92 Å². The van der Waals surface area contributed by atoms with Gasteiger partial charge in [0.2, 0.25) is 0 Å². The minimum absolute atomic E-state index is 0.161. The average Bonchev–Trinajstić information content (AvgIpc) is 1.94. The van der Waals surface area contributed by atoms with Crippen LogP contribution < -0.4 is 0 Å². The van der Waals surface area contributed by atoms with Gasteiger partial charge in [0, 0.05) is 5.57 Å². The van der Waals surface area contributed by atoms with Gasteiger partial charge in [-0.05, 0) is 6.92 Å². The Morgan fingerprint density at radius 2 is 1.40 bits per heavy atom. The molecule has 0 unspecified atom stereocenters. The zero-order chi connectivity index (χ0) is 12.4. The predicted octanol–water partition coefficient (Wildman–Crippen LogP) is 3.23. The first-order valence-corrected chi connectivity index (χ1v) is 12.5. The van der Waals surface area contributed by atoms with Crippen LogP contribution in [0.15, 0.2) is 12.2 Å². The summed E-state index contributed by atoms with van der Waals surface area (Å²) in [4.78, 5) is 11.6. The fourth-order valence-corrected chi connectivity index (χ4v) is 13.2. The number of hydrogen-bond donors (Lipinski definition) is 0. The monoisotopic (exact) mass is 244 g/mol. The van der Waals surface area contributed by atoms with Crippen molar-refractivity contribution in [3.63, 3.8) is 0 Å². The first-order chi connectivity index (χ1) is 6.46. The molecule has 2 nitrogen and oxygen atoms in total. The van der Waals surface area contributed by atoms with Gasteiger partial charge in [-0.1, -0.05) is 45.9 Å². The molecule has 0 bridgehead atoms. The van der Waals surface area contributed by atoms with Gasteiger partial charge in [-0.15, -0.1) is 0 Å². The van der Waals surface area contributed by atoms with Crippen molar-refractivity contribution in [1.29, 1.82) is 0 Å². The van der Waals surface area contributed by atoms with Gasteiger partial charge >= 0.3 is 5.97 Å². The second-order valence-electron chi connectivity index (χ2n) is 6.30. The molecular formula is C11H24O2Si2. The largest absolute Gasteiger partial charge is 0.467 e. The van der Waals surface area contributed by atoms with Gasteiger partial charge in [0.1, 0.15) is 0 Å². The average molecular weight is 244 g/mol. The Morgan fingerprint density at radius 3 is 1.60 bits per heavy atom. The minimum Gasteiger partial charge on any atom is -0.467 e. The Hall–Kier alpha value is -0.356. The van der Waals surface area contributed by atoms with Crippen LogP contribution in [0.3, 0.4) is 0 Å². The third-order valence-corrected chi connectivity index (χ3v) is 10.7. The van der Waals surface area contributed by atoms with Crippen molar-refractivity contribution in [2.24, 2.45) is 0 Å². The summed E-state index contributed by atoms with van der Waals surface area (Å²) in [6.07, 6.45) is 0. The molecule has 0 amide bonds. The molecule has 0 saturated heterocycles. The maximum atomic E-state index is 11.6. The van der Waals surface area contributed by atoms with Crippen molar-refractivity contribution in [3.8, 4) is 0 Å². The van der Waals surface area contributed by atoms with Crippen LogP contribution in [0.25, 0.3) is 0 Å². The molecule has 15 heavy (non-hydrogen) atoms. The van der Waals surface area contributed by atoms with Gasteiger partial charge in [-0.25, -0.2) is 4.79 Å². The SMILES string of the molecule is C=C(C)C(=O)OC([Si](C)(C)C)[Si](C)(C)C. The van der Waals surface area contributed by atoms with E-state index >= 15 is 0 Å². The summed E-state index contributed by atoms with van der Waals surface area (Å²) >= 11 is 0.